The summed E-state index contributed by atoms with van der Waals surface area (Å²) >= 11 is 0. The normalized spacial score (nSPS) is 15.0. The molecular formula is C25H24F3N5O. The number of halogens is 3. The number of alkyl halides is 3. The highest BCUT2D eigenvalue weighted by Gasteiger charge is 2.30. The molecule has 34 heavy (non-hydrogen) atoms. The van der Waals surface area contributed by atoms with Crippen molar-refractivity contribution in [2.75, 3.05) is 44.7 Å². The summed E-state index contributed by atoms with van der Waals surface area (Å²) in [6.45, 7) is 4.76. The van der Waals surface area contributed by atoms with E-state index in [0.717, 1.165) is 61.5 Å². The minimum Gasteiger partial charge on any atom is -0.379 e. The molecule has 1 saturated heterocycles. The number of aromatic nitrogens is 3. The summed E-state index contributed by atoms with van der Waals surface area (Å²) in [7, 11) is 0. The van der Waals surface area contributed by atoms with Crippen molar-refractivity contribution in [2.45, 2.75) is 6.18 Å². The topological polar surface area (TPSA) is 55.2 Å². The van der Waals surface area contributed by atoms with E-state index >= 15 is 0 Å². The number of ether oxygens (including phenoxy) is 1. The van der Waals surface area contributed by atoms with Gasteiger partial charge in [-0.05, 0) is 23.8 Å². The van der Waals surface area contributed by atoms with Crippen LogP contribution in [0.2, 0.25) is 0 Å². The Kier molecular flexibility index (Phi) is 6.21. The van der Waals surface area contributed by atoms with Crippen LogP contribution < -0.4 is 5.32 Å². The molecule has 0 radical (unpaired) electrons. The number of hydrogen-bond donors (Lipinski definition) is 1. The van der Waals surface area contributed by atoms with Gasteiger partial charge in [0, 0.05) is 43.6 Å². The lowest BCUT2D eigenvalue weighted by Gasteiger charge is -2.26. The Morgan fingerprint density at radius 2 is 1.76 bits per heavy atom. The van der Waals surface area contributed by atoms with Crippen molar-refractivity contribution in [1.29, 1.82) is 0 Å². The molecule has 6 nitrogen and oxygen atoms in total. The van der Waals surface area contributed by atoms with Gasteiger partial charge in [-0.2, -0.15) is 13.2 Å². The monoisotopic (exact) mass is 467 g/mol. The van der Waals surface area contributed by atoms with Crippen LogP contribution in [-0.4, -0.2) is 58.8 Å². The quantitative estimate of drug-likeness (QED) is 0.439. The molecule has 1 aliphatic rings. The van der Waals surface area contributed by atoms with E-state index in [1.54, 1.807) is 10.6 Å². The average molecular weight is 467 g/mol. The Morgan fingerprint density at radius 3 is 2.53 bits per heavy atom. The molecule has 176 valence electrons. The van der Waals surface area contributed by atoms with E-state index in [9.17, 15) is 13.2 Å². The molecule has 0 amide bonds. The standard InChI is InChI=1S/C25H24F3N5O/c26-25(27,28)19-7-4-8-20(15-19)33-16-21(18-5-2-1-3-6-18)22-23(30-17-31-24(22)33)29-9-10-32-11-13-34-14-12-32/h1-8,15-17H,9-14H2,(H,29,30,31). The first-order chi connectivity index (χ1) is 16.5. The first kappa shape index (κ1) is 22.4. The lowest BCUT2D eigenvalue weighted by atomic mass is 10.1. The molecule has 0 aliphatic carbocycles. The summed E-state index contributed by atoms with van der Waals surface area (Å²) < 4.78 is 47.2. The van der Waals surface area contributed by atoms with E-state index in [1.165, 1.54) is 12.4 Å². The molecule has 2 aromatic heterocycles. The molecular weight excluding hydrogens is 443 g/mol. The van der Waals surface area contributed by atoms with E-state index < -0.39 is 11.7 Å². The molecule has 3 heterocycles. The fourth-order valence-corrected chi connectivity index (χ4v) is 4.22. The third-order valence-electron chi connectivity index (χ3n) is 5.94. The molecule has 1 fully saturated rings. The van der Waals surface area contributed by atoms with Gasteiger partial charge in [0.2, 0.25) is 0 Å². The number of nitrogens with zero attached hydrogens (tertiary/aromatic N) is 4. The van der Waals surface area contributed by atoms with E-state index in [1.807, 2.05) is 36.5 Å². The van der Waals surface area contributed by atoms with Crippen LogP contribution in [0.5, 0.6) is 0 Å². The van der Waals surface area contributed by atoms with Gasteiger partial charge in [-0.3, -0.25) is 4.90 Å². The maximum atomic E-state index is 13.4. The molecule has 2 aromatic carbocycles. The number of hydrogen-bond acceptors (Lipinski definition) is 5. The van der Waals surface area contributed by atoms with Crippen LogP contribution in [-0.2, 0) is 10.9 Å². The van der Waals surface area contributed by atoms with Crippen LogP contribution >= 0.6 is 0 Å². The Labute approximate surface area is 195 Å². The molecule has 0 spiro atoms. The fourth-order valence-electron chi connectivity index (χ4n) is 4.22. The predicted molar refractivity (Wildman–Crippen MR) is 125 cm³/mol. The van der Waals surface area contributed by atoms with Gasteiger partial charge in [0.05, 0.1) is 24.2 Å². The fraction of sp³-hybridized carbons (Fsp3) is 0.280. The van der Waals surface area contributed by atoms with Crippen molar-refractivity contribution in [3.05, 3.63) is 72.7 Å². The molecule has 4 aromatic rings. The van der Waals surface area contributed by atoms with E-state index in [4.69, 9.17) is 4.74 Å². The lowest BCUT2D eigenvalue weighted by molar-refractivity contribution is -0.137. The zero-order valence-corrected chi connectivity index (χ0v) is 18.4. The van der Waals surface area contributed by atoms with Crippen LogP contribution in [0.3, 0.4) is 0 Å². The Balaban J connectivity index is 1.56. The molecule has 0 saturated carbocycles. The number of morpholine rings is 1. The molecule has 0 unspecified atom stereocenters. The highest BCUT2D eigenvalue weighted by molar-refractivity contribution is 6.02. The Morgan fingerprint density at radius 1 is 0.971 bits per heavy atom. The average Bonchev–Trinajstić information content (AvgIpc) is 3.26. The van der Waals surface area contributed by atoms with Gasteiger partial charge in [0.25, 0.3) is 0 Å². The third kappa shape index (κ3) is 4.62. The summed E-state index contributed by atoms with van der Waals surface area (Å²) in [5.74, 6) is 0.655. The number of benzene rings is 2. The predicted octanol–water partition coefficient (Wildman–Crippen LogP) is 4.85. The first-order valence-electron chi connectivity index (χ1n) is 11.1. The summed E-state index contributed by atoms with van der Waals surface area (Å²) in [6.07, 6.45) is -1.15. The van der Waals surface area contributed by atoms with Crippen LogP contribution in [0.4, 0.5) is 19.0 Å². The van der Waals surface area contributed by atoms with Crippen molar-refractivity contribution in [3.8, 4) is 16.8 Å². The maximum absolute atomic E-state index is 13.4. The second-order valence-electron chi connectivity index (χ2n) is 8.13. The van der Waals surface area contributed by atoms with Crippen LogP contribution in [0.1, 0.15) is 5.56 Å². The van der Waals surface area contributed by atoms with Crippen molar-refractivity contribution in [1.82, 2.24) is 19.4 Å². The summed E-state index contributed by atoms with van der Waals surface area (Å²) in [5.41, 5.74) is 2.01. The minimum atomic E-state index is -4.43. The van der Waals surface area contributed by atoms with Gasteiger partial charge in [-0.15, -0.1) is 0 Å². The lowest BCUT2D eigenvalue weighted by Crippen LogP contribution is -2.39. The molecule has 0 atom stereocenters. The number of rotatable bonds is 6. The van der Waals surface area contributed by atoms with Crippen molar-refractivity contribution in [3.63, 3.8) is 0 Å². The molecule has 5 rings (SSSR count). The largest absolute Gasteiger partial charge is 0.416 e. The number of nitrogens with one attached hydrogen (secondary N) is 1. The summed E-state index contributed by atoms with van der Waals surface area (Å²) in [5, 5.41) is 4.19. The van der Waals surface area contributed by atoms with Gasteiger partial charge in [0.15, 0.2) is 5.65 Å². The number of anilines is 1. The Hall–Kier alpha value is -3.43. The smallest absolute Gasteiger partial charge is 0.379 e. The van der Waals surface area contributed by atoms with E-state index in [2.05, 4.69) is 20.2 Å². The van der Waals surface area contributed by atoms with Crippen molar-refractivity contribution < 1.29 is 17.9 Å². The molecule has 0 bridgehead atoms. The molecule has 1 aliphatic heterocycles. The van der Waals surface area contributed by atoms with E-state index in [0.29, 0.717) is 23.7 Å². The molecule has 9 heteroatoms. The highest BCUT2D eigenvalue weighted by atomic mass is 19.4. The minimum absolute atomic E-state index is 0.389. The molecule has 1 N–H and O–H groups in total. The van der Waals surface area contributed by atoms with Gasteiger partial charge in [-0.1, -0.05) is 36.4 Å². The zero-order valence-electron chi connectivity index (χ0n) is 18.4. The van der Waals surface area contributed by atoms with Gasteiger partial charge in [0.1, 0.15) is 12.1 Å². The SMILES string of the molecule is FC(F)(F)c1cccc(-n2cc(-c3ccccc3)c3c(NCCN4CCOCC4)ncnc32)c1. The third-order valence-corrected chi connectivity index (χ3v) is 5.94. The van der Waals surface area contributed by atoms with Gasteiger partial charge < -0.3 is 14.6 Å². The Bertz CT molecular complexity index is 1270. The second kappa shape index (κ2) is 9.44. The van der Waals surface area contributed by atoms with Gasteiger partial charge >= 0.3 is 6.18 Å². The van der Waals surface area contributed by atoms with Crippen molar-refractivity contribution in [2.24, 2.45) is 0 Å². The van der Waals surface area contributed by atoms with Crippen LogP contribution in [0.15, 0.2) is 67.1 Å². The first-order valence-corrected chi connectivity index (χ1v) is 11.1. The highest BCUT2D eigenvalue weighted by Crippen LogP contribution is 2.36. The summed E-state index contributed by atoms with van der Waals surface area (Å²) in [6, 6.07) is 15.0. The van der Waals surface area contributed by atoms with E-state index in [-0.39, 0.29) is 0 Å². The van der Waals surface area contributed by atoms with Crippen LogP contribution in [0.25, 0.3) is 27.8 Å². The number of fused-ring (bicyclic) bond motifs is 1. The van der Waals surface area contributed by atoms with Gasteiger partial charge in [-0.25, -0.2) is 9.97 Å². The maximum Gasteiger partial charge on any atom is 0.416 e. The van der Waals surface area contributed by atoms with Crippen LogP contribution in [0, 0.1) is 0 Å². The van der Waals surface area contributed by atoms with Crippen molar-refractivity contribution >= 4 is 16.9 Å². The summed E-state index contributed by atoms with van der Waals surface area (Å²) in [4.78, 5) is 11.3. The second-order valence-corrected chi connectivity index (χ2v) is 8.13. The zero-order chi connectivity index (χ0) is 23.5.